The Labute approximate surface area is 180 Å². The molecule has 2 aromatic rings. The lowest BCUT2D eigenvalue weighted by Gasteiger charge is -2.34. The fourth-order valence-electron chi connectivity index (χ4n) is 3.10. The lowest BCUT2D eigenvalue weighted by atomic mass is 10.2. The molecule has 2 aromatic carbocycles. The molecule has 1 amide bonds. The summed E-state index contributed by atoms with van der Waals surface area (Å²) in [6.45, 7) is 1.07. The van der Waals surface area contributed by atoms with E-state index in [1.807, 2.05) is 0 Å². The lowest BCUT2D eigenvalue weighted by Crippen LogP contribution is -2.51. The first-order valence-electron chi connectivity index (χ1n) is 9.27. The van der Waals surface area contributed by atoms with Gasteiger partial charge in [0.2, 0.25) is 15.9 Å². The molecule has 1 saturated heterocycles. The molecular formula is C20H22ClN3O5S. The highest BCUT2D eigenvalue weighted by Crippen LogP contribution is 2.20. The van der Waals surface area contributed by atoms with Gasteiger partial charge in [0.05, 0.1) is 24.1 Å². The van der Waals surface area contributed by atoms with E-state index in [1.165, 1.54) is 35.7 Å². The molecule has 160 valence electrons. The number of methoxy groups -OCH3 is 1. The molecule has 0 spiro atoms. The Morgan fingerprint density at radius 3 is 2.37 bits per heavy atom. The van der Waals surface area contributed by atoms with E-state index in [1.54, 1.807) is 29.2 Å². The largest absolute Gasteiger partial charge is 0.465 e. The molecule has 0 aliphatic carbocycles. The van der Waals surface area contributed by atoms with Crippen molar-refractivity contribution in [3.05, 3.63) is 59.1 Å². The third-order valence-corrected chi connectivity index (χ3v) is 6.94. The minimum Gasteiger partial charge on any atom is -0.465 e. The van der Waals surface area contributed by atoms with Gasteiger partial charge in [-0.2, -0.15) is 4.31 Å². The topological polar surface area (TPSA) is 96.0 Å². The van der Waals surface area contributed by atoms with Crippen LogP contribution in [0.4, 0.5) is 5.69 Å². The molecule has 1 aliphatic rings. The molecule has 0 aromatic heterocycles. The number of benzene rings is 2. The van der Waals surface area contributed by atoms with Crippen LogP contribution < -0.4 is 5.32 Å². The van der Waals surface area contributed by atoms with Gasteiger partial charge in [-0.3, -0.25) is 4.79 Å². The number of nitrogens with zero attached hydrogens (tertiary/aromatic N) is 2. The van der Waals surface area contributed by atoms with Gasteiger partial charge in [-0.1, -0.05) is 17.7 Å². The Morgan fingerprint density at radius 1 is 1.07 bits per heavy atom. The van der Waals surface area contributed by atoms with Crippen molar-refractivity contribution >= 4 is 39.2 Å². The van der Waals surface area contributed by atoms with Gasteiger partial charge in [0.15, 0.2) is 0 Å². The average Bonchev–Trinajstić information content (AvgIpc) is 2.77. The second kappa shape index (κ2) is 9.46. The number of hydrogen-bond acceptors (Lipinski definition) is 6. The van der Waals surface area contributed by atoms with Crippen LogP contribution in [0, 0.1) is 0 Å². The van der Waals surface area contributed by atoms with E-state index in [9.17, 15) is 18.0 Å². The molecule has 30 heavy (non-hydrogen) atoms. The maximum atomic E-state index is 12.7. The molecule has 8 nitrogen and oxygen atoms in total. The van der Waals surface area contributed by atoms with Crippen LogP contribution in [0.2, 0.25) is 5.02 Å². The van der Waals surface area contributed by atoms with Crippen molar-refractivity contribution in [3.8, 4) is 0 Å². The lowest BCUT2D eigenvalue weighted by molar-refractivity contribution is -0.130. The minimum atomic E-state index is -3.62. The number of sulfonamides is 1. The maximum Gasteiger partial charge on any atom is 0.337 e. The van der Waals surface area contributed by atoms with Crippen molar-refractivity contribution in [2.45, 2.75) is 4.90 Å². The van der Waals surface area contributed by atoms with Gasteiger partial charge in [0.1, 0.15) is 0 Å². The molecule has 0 saturated carbocycles. The van der Waals surface area contributed by atoms with E-state index in [2.05, 4.69) is 10.1 Å². The SMILES string of the molecule is COC(=O)c1cccc(NCC(=O)N2CCN(S(=O)(=O)c3ccc(Cl)cc3)CC2)c1. The predicted octanol–water partition coefficient (Wildman–Crippen LogP) is 2.07. The minimum absolute atomic E-state index is 0.0363. The van der Waals surface area contributed by atoms with Crippen LogP contribution in [0.25, 0.3) is 0 Å². The number of piperazine rings is 1. The Balaban J connectivity index is 1.54. The van der Waals surface area contributed by atoms with Crippen LogP contribution in [0.3, 0.4) is 0 Å². The molecule has 0 atom stereocenters. The molecule has 1 N–H and O–H groups in total. The highest BCUT2D eigenvalue weighted by molar-refractivity contribution is 7.89. The Bertz CT molecular complexity index is 1020. The smallest absolute Gasteiger partial charge is 0.337 e. The number of halogens is 1. The molecule has 3 rings (SSSR count). The van der Waals surface area contributed by atoms with Gasteiger partial charge >= 0.3 is 5.97 Å². The summed E-state index contributed by atoms with van der Waals surface area (Å²) in [5.41, 5.74) is 1.01. The number of rotatable bonds is 6. The quantitative estimate of drug-likeness (QED) is 0.675. The summed E-state index contributed by atoms with van der Waals surface area (Å²) in [5, 5.41) is 3.46. The second-order valence-corrected chi connectivity index (χ2v) is 9.04. The fraction of sp³-hybridized carbons (Fsp3) is 0.300. The Hall–Kier alpha value is -2.62. The normalized spacial score (nSPS) is 14.9. The van der Waals surface area contributed by atoms with E-state index in [0.717, 1.165) is 0 Å². The fourth-order valence-corrected chi connectivity index (χ4v) is 4.65. The van der Waals surface area contributed by atoms with Crippen LogP contribution in [0.1, 0.15) is 10.4 Å². The summed E-state index contributed by atoms with van der Waals surface area (Å²) in [4.78, 5) is 25.9. The van der Waals surface area contributed by atoms with Crippen LogP contribution in [-0.2, 0) is 19.6 Å². The number of amides is 1. The number of carbonyl (C=O) groups is 2. The zero-order valence-corrected chi connectivity index (χ0v) is 17.9. The summed E-state index contributed by atoms with van der Waals surface area (Å²) in [7, 11) is -2.32. The standard InChI is InChI=1S/C20H22ClN3O5S/c1-29-20(26)15-3-2-4-17(13-15)22-14-19(25)23-9-11-24(12-10-23)30(27,28)18-7-5-16(21)6-8-18/h2-8,13,22H,9-12,14H2,1H3. The number of anilines is 1. The van der Waals surface area contributed by atoms with Crippen LogP contribution in [0.5, 0.6) is 0 Å². The Morgan fingerprint density at radius 2 is 1.73 bits per heavy atom. The first-order chi connectivity index (χ1) is 14.3. The van der Waals surface area contributed by atoms with Gasteiger partial charge < -0.3 is 15.0 Å². The van der Waals surface area contributed by atoms with Crippen molar-refractivity contribution in [2.75, 3.05) is 45.2 Å². The first kappa shape index (κ1) is 22.1. The third kappa shape index (κ3) is 5.10. The van der Waals surface area contributed by atoms with Gasteiger partial charge in [0.25, 0.3) is 0 Å². The molecule has 0 unspecified atom stereocenters. The number of carbonyl (C=O) groups excluding carboxylic acids is 2. The predicted molar refractivity (Wildman–Crippen MR) is 113 cm³/mol. The van der Waals surface area contributed by atoms with Gasteiger partial charge in [-0.15, -0.1) is 0 Å². The van der Waals surface area contributed by atoms with E-state index < -0.39 is 16.0 Å². The van der Waals surface area contributed by atoms with Gasteiger partial charge in [-0.05, 0) is 42.5 Å². The van der Waals surface area contributed by atoms with Crippen LogP contribution in [-0.4, -0.2) is 69.3 Å². The highest BCUT2D eigenvalue weighted by Gasteiger charge is 2.29. The van der Waals surface area contributed by atoms with E-state index >= 15 is 0 Å². The van der Waals surface area contributed by atoms with E-state index in [4.69, 9.17) is 11.6 Å². The summed E-state index contributed by atoms with van der Waals surface area (Å²) < 4.78 is 31.5. The number of nitrogens with one attached hydrogen (secondary N) is 1. The second-order valence-electron chi connectivity index (χ2n) is 6.66. The van der Waals surface area contributed by atoms with Crippen molar-refractivity contribution in [1.29, 1.82) is 0 Å². The average molecular weight is 452 g/mol. The highest BCUT2D eigenvalue weighted by atomic mass is 35.5. The summed E-state index contributed by atoms with van der Waals surface area (Å²) >= 11 is 5.83. The van der Waals surface area contributed by atoms with Gasteiger partial charge in [0, 0.05) is 36.9 Å². The summed E-state index contributed by atoms with van der Waals surface area (Å²) in [5.74, 6) is -0.606. The van der Waals surface area contributed by atoms with Crippen molar-refractivity contribution in [2.24, 2.45) is 0 Å². The van der Waals surface area contributed by atoms with Crippen LogP contribution in [0.15, 0.2) is 53.4 Å². The van der Waals surface area contributed by atoms with E-state index in [-0.39, 0.29) is 30.4 Å². The summed E-state index contributed by atoms with van der Waals surface area (Å²) in [6, 6.07) is 12.7. The van der Waals surface area contributed by atoms with Crippen molar-refractivity contribution in [1.82, 2.24) is 9.21 Å². The molecule has 1 aliphatic heterocycles. The zero-order chi connectivity index (χ0) is 21.7. The summed E-state index contributed by atoms with van der Waals surface area (Å²) in [6.07, 6.45) is 0. The van der Waals surface area contributed by atoms with Gasteiger partial charge in [-0.25, -0.2) is 13.2 Å². The monoisotopic (exact) mass is 451 g/mol. The van der Waals surface area contributed by atoms with Crippen molar-refractivity contribution in [3.63, 3.8) is 0 Å². The molecule has 1 fully saturated rings. The zero-order valence-electron chi connectivity index (χ0n) is 16.4. The molecular weight excluding hydrogens is 430 g/mol. The molecule has 1 heterocycles. The number of hydrogen-bond donors (Lipinski definition) is 1. The number of esters is 1. The first-order valence-corrected chi connectivity index (χ1v) is 11.1. The van der Waals surface area contributed by atoms with E-state index in [0.29, 0.717) is 29.4 Å². The van der Waals surface area contributed by atoms with Crippen molar-refractivity contribution < 1.29 is 22.7 Å². The molecule has 10 heteroatoms. The number of ether oxygens (including phenoxy) is 1. The molecule has 0 bridgehead atoms. The van der Waals surface area contributed by atoms with Crippen LogP contribution >= 0.6 is 11.6 Å². The maximum absolute atomic E-state index is 12.7. The third-order valence-electron chi connectivity index (χ3n) is 4.77. The Kier molecular flexibility index (Phi) is 6.96. The molecule has 0 radical (unpaired) electrons.